The maximum Gasteiger partial charge on any atom is 0.0701 e. The number of hydrogen-bond donors (Lipinski definition) is 0. The van der Waals surface area contributed by atoms with Gasteiger partial charge in [0.15, 0.2) is 0 Å². The molecule has 1 fully saturated rings. The van der Waals surface area contributed by atoms with Gasteiger partial charge in [-0.3, -0.25) is 0 Å². The molecule has 1 atom stereocenters. The molecular formula is C16H31ClO3. The van der Waals surface area contributed by atoms with Crippen LogP contribution in [0.25, 0.3) is 0 Å². The lowest BCUT2D eigenvalue weighted by Crippen LogP contribution is -2.24. The number of unbranched alkanes of at least 4 members (excludes halogenated alkanes) is 1. The fraction of sp³-hybridized carbons (Fsp3) is 1.00. The zero-order valence-corrected chi connectivity index (χ0v) is 13.9. The number of alkyl halides is 1. The van der Waals surface area contributed by atoms with Crippen molar-refractivity contribution in [2.24, 2.45) is 11.3 Å². The van der Waals surface area contributed by atoms with Crippen LogP contribution in [0.4, 0.5) is 0 Å². The predicted octanol–water partition coefficient (Wildman–Crippen LogP) is 3.88. The summed E-state index contributed by atoms with van der Waals surface area (Å²) in [4.78, 5) is 0. The average Bonchev–Trinajstić information content (AvgIpc) is 3.29. The van der Waals surface area contributed by atoms with Gasteiger partial charge in [0.05, 0.1) is 26.4 Å². The molecule has 120 valence electrons. The van der Waals surface area contributed by atoms with Crippen molar-refractivity contribution in [3.8, 4) is 0 Å². The molecule has 0 aromatic carbocycles. The molecule has 1 aliphatic carbocycles. The van der Waals surface area contributed by atoms with Crippen LogP contribution in [0, 0.1) is 11.3 Å². The Morgan fingerprint density at radius 1 is 0.950 bits per heavy atom. The van der Waals surface area contributed by atoms with Crippen LogP contribution in [-0.2, 0) is 14.2 Å². The second-order valence-corrected chi connectivity index (χ2v) is 6.27. The Balaban J connectivity index is 1.82. The van der Waals surface area contributed by atoms with Crippen LogP contribution in [0.5, 0.6) is 0 Å². The van der Waals surface area contributed by atoms with Crippen LogP contribution in [-0.4, -0.2) is 45.5 Å². The largest absolute Gasteiger partial charge is 0.379 e. The lowest BCUT2D eigenvalue weighted by atomic mass is 9.84. The van der Waals surface area contributed by atoms with E-state index in [1.807, 2.05) is 0 Å². The molecule has 4 heteroatoms. The number of halogens is 1. The molecule has 0 aliphatic heterocycles. The second-order valence-electron chi connectivity index (χ2n) is 6.00. The summed E-state index contributed by atoms with van der Waals surface area (Å²) in [5.74, 6) is 1.56. The zero-order chi connectivity index (χ0) is 14.7. The third-order valence-corrected chi connectivity index (χ3v) is 4.68. The Kier molecular flexibility index (Phi) is 9.87. The van der Waals surface area contributed by atoms with Gasteiger partial charge in [0, 0.05) is 19.1 Å². The van der Waals surface area contributed by atoms with Crippen LogP contribution in [0.3, 0.4) is 0 Å². The molecule has 1 unspecified atom stereocenters. The van der Waals surface area contributed by atoms with Gasteiger partial charge in [0.2, 0.25) is 0 Å². The van der Waals surface area contributed by atoms with Crippen molar-refractivity contribution in [3.05, 3.63) is 0 Å². The maximum atomic E-state index is 6.08. The molecule has 1 saturated carbocycles. The van der Waals surface area contributed by atoms with E-state index in [1.54, 1.807) is 0 Å². The normalized spacial score (nSPS) is 18.1. The predicted molar refractivity (Wildman–Crippen MR) is 83.5 cm³/mol. The summed E-state index contributed by atoms with van der Waals surface area (Å²) in [6.45, 7) is 8.74. The van der Waals surface area contributed by atoms with E-state index in [0.29, 0.717) is 26.4 Å². The Hall–Kier alpha value is 0.170. The van der Waals surface area contributed by atoms with Gasteiger partial charge in [-0.25, -0.2) is 0 Å². The van der Waals surface area contributed by atoms with E-state index in [1.165, 1.54) is 19.3 Å². The van der Waals surface area contributed by atoms with E-state index in [9.17, 15) is 0 Å². The molecule has 3 nitrogen and oxygen atoms in total. The average molecular weight is 307 g/mol. The number of hydrogen-bond acceptors (Lipinski definition) is 3. The van der Waals surface area contributed by atoms with Crippen molar-refractivity contribution < 1.29 is 14.2 Å². The Morgan fingerprint density at radius 3 is 2.00 bits per heavy atom. The summed E-state index contributed by atoms with van der Waals surface area (Å²) >= 11 is 6.08. The van der Waals surface area contributed by atoms with Crippen LogP contribution in [0.15, 0.2) is 0 Å². The Bertz CT molecular complexity index is 234. The SMILES string of the molecule is CCCCOCCOCCOCCC(C)(CCl)C1CC1. The molecule has 0 spiro atoms. The van der Waals surface area contributed by atoms with Crippen LogP contribution in [0.2, 0.25) is 0 Å². The van der Waals surface area contributed by atoms with Crippen LogP contribution in [0.1, 0.15) is 46.0 Å². The number of ether oxygens (including phenoxy) is 3. The van der Waals surface area contributed by atoms with E-state index in [2.05, 4.69) is 13.8 Å². The first kappa shape index (κ1) is 18.2. The molecule has 0 bridgehead atoms. The van der Waals surface area contributed by atoms with E-state index < -0.39 is 0 Å². The molecule has 0 amide bonds. The zero-order valence-electron chi connectivity index (χ0n) is 13.2. The summed E-state index contributed by atoms with van der Waals surface area (Å²) < 4.78 is 16.5. The fourth-order valence-electron chi connectivity index (χ4n) is 2.25. The highest BCUT2D eigenvalue weighted by atomic mass is 35.5. The molecule has 1 aliphatic rings. The Morgan fingerprint density at radius 2 is 1.50 bits per heavy atom. The molecule has 0 N–H and O–H groups in total. The van der Waals surface area contributed by atoms with Gasteiger partial charge in [-0.15, -0.1) is 11.6 Å². The summed E-state index contributed by atoms with van der Waals surface area (Å²) in [6, 6.07) is 0. The monoisotopic (exact) mass is 306 g/mol. The van der Waals surface area contributed by atoms with Gasteiger partial charge in [0.1, 0.15) is 0 Å². The third kappa shape index (κ3) is 7.82. The maximum absolute atomic E-state index is 6.08. The highest BCUT2D eigenvalue weighted by Gasteiger charge is 2.40. The van der Waals surface area contributed by atoms with Gasteiger partial charge in [-0.05, 0) is 37.0 Å². The van der Waals surface area contributed by atoms with Gasteiger partial charge in [-0.1, -0.05) is 20.3 Å². The summed E-state index contributed by atoms with van der Waals surface area (Å²) in [7, 11) is 0. The smallest absolute Gasteiger partial charge is 0.0701 e. The lowest BCUT2D eigenvalue weighted by molar-refractivity contribution is 0.00854. The number of rotatable bonds is 14. The van der Waals surface area contributed by atoms with Crippen molar-refractivity contribution in [2.45, 2.75) is 46.0 Å². The summed E-state index contributed by atoms with van der Waals surface area (Å²) in [6.07, 6.45) is 6.04. The van der Waals surface area contributed by atoms with Gasteiger partial charge >= 0.3 is 0 Å². The van der Waals surface area contributed by atoms with Crippen LogP contribution < -0.4 is 0 Å². The molecule has 0 saturated heterocycles. The fourth-order valence-corrected chi connectivity index (χ4v) is 2.61. The van der Waals surface area contributed by atoms with Crippen molar-refractivity contribution in [1.29, 1.82) is 0 Å². The van der Waals surface area contributed by atoms with Crippen molar-refractivity contribution in [2.75, 3.05) is 45.5 Å². The van der Waals surface area contributed by atoms with E-state index in [4.69, 9.17) is 25.8 Å². The molecule has 0 aromatic rings. The molecule has 0 radical (unpaired) electrons. The van der Waals surface area contributed by atoms with Crippen LogP contribution >= 0.6 is 11.6 Å². The standard InChI is InChI=1S/C16H31ClO3/c1-3-4-8-18-10-12-20-13-11-19-9-7-16(2,14-17)15-5-6-15/h15H,3-14H2,1-2H3. The first-order valence-electron chi connectivity index (χ1n) is 8.02. The summed E-state index contributed by atoms with van der Waals surface area (Å²) in [5, 5.41) is 0. The molecule has 0 heterocycles. The minimum Gasteiger partial charge on any atom is -0.379 e. The van der Waals surface area contributed by atoms with E-state index >= 15 is 0 Å². The highest BCUT2D eigenvalue weighted by molar-refractivity contribution is 6.18. The summed E-state index contributed by atoms with van der Waals surface area (Å²) in [5.41, 5.74) is 0.273. The molecule has 0 aromatic heterocycles. The topological polar surface area (TPSA) is 27.7 Å². The van der Waals surface area contributed by atoms with E-state index in [0.717, 1.165) is 37.9 Å². The third-order valence-electron chi connectivity index (χ3n) is 4.07. The van der Waals surface area contributed by atoms with Gasteiger partial charge in [-0.2, -0.15) is 0 Å². The minimum absolute atomic E-state index is 0.273. The highest BCUT2D eigenvalue weighted by Crippen LogP contribution is 2.48. The Labute approximate surface area is 129 Å². The van der Waals surface area contributed by atoms with Gasteiger partial charge < -0.3 is 14.2 Å². The second kappa shape index (κ2) is 10.8. The molecule has 1 rings (SSSR count). The minimum atomic E-state index is 0.273. The quantitative estimate of drug-likeness (QED) is 0.360. The van der Waals surface area contributed by atoms with E-state index in [-0.39, 0.29) is 5.41 Å². The van der Waals surface area contributed by atoms with Gasteiger partial charge in [0.25, 0.3) is 0 Å². The molecular weight excluding hydrogens is 276 g/mol. The first-order chi connectivity index (χ1) is 9.73. The van der Waals surface area contributed by atoms with Crippen molar-refractivity contribution >= 4 is 11.6 Å². The van der Waals surface area contributed by atoms with Crippen molar-refractivity contribution in [1.82, 2.24) is 0 Å². The molecule has 20 heavy (non-hydrogen) atoms. The lowest BCUT2D eigenvalue weighted by Gasteiger charge is -2.26. The van der Waals surface area contributed by atoms with Crippen molar-refractivity contribution in [3.63, 3.8) is 0 Å². The first-order valence-corrected chi connectivity index (χ1v) is 8.55.